The van der Waals surface area contributed by atoms with Crippen LogP contribution in [0, 0.1) is 0 Å². The minimum atomic E-state index is -0.364. The number of nitrogens with zero attached hydrogens (tertiary/aromatic N) is 2. The number of carbonyl (C=O) groups is 1. The molecule has 0 unspecified atom stereocenters. The number of rotatable bonds is 4. The van der Waals surface area contributed by atoms with Crippen molar-refractivity contribution in [3.63, 3.8) is 0 Å². The second-order valence-electron chi connectivity index (χ2n) is 5.44. The number of benzene rings is 1. The Hall–Kier alpha value is -3.21. The molecule has 1 aromatic carbocycles. The molecule has 0 fully saturated rings. The van der Waals surface area contributed by atoms with E-state index in [1.54, 1.807) is 13.2 Å². The number of amides is 1. The zero-order valence-corrected chi connectivity index (χ0v) is 13.2. The Morgan fingerprint density at radius 2 is 1.79 bits per heavy atom. The predicted molar refractivity (Wildman–Crippen MR) is 91.7 cm³/mol. The van der Waals surface area contributed by atoms with Gasteiger partial charge in [0.05, 0.1) is 17.3 Å². The van der Waals surface area contributed by atoms with Gasteiger partial charge in [-0.25, -0.2) is 0 Å². The lowest BCUT2D eigenvalue weighted by Crippen LogP contribution is -2.31. The third kappa shape index (κ3) is 3.41. The minimum absolute atomic E-state index is 0.157. The minimum Gasteiger partial charge on any atom is -0.339 e. The molecule has 1 N–H and O–H groups in total. The van der Waals surface area contributed by atoms with Crippen LogP contribution in [0.25, 0.3) is 0 Å². The summed E-state index contributed by atoms with van der Waals surface area (Å²) in [5.41, 5.74) is 1.96. The molecule has 24 heavy (non-hydrogen) atoms. The van der Waals surface area contributed by atoms with Gasteiger partial charge < -0.3 is 9.88 Å². The number of hydrogen-bond donors (Lipinski definition) is 1. The molecule has 1 amide bonds. The lowest BCUT2D eigenvalue weighted by atomic mass is 10.0. The zero-order chi connectivity index (χ0) is 16.9. The Balaban J connectivity index is 1.93. The summed E-state index contributed by atoms with van der Waals surface area (Å²) in [6.07, 6.45) is 3.22. The molecular weight excluding hydrogens is 302 g/mol. The Morgan fingerprint density at radius 1 is 1.04 bits per heavy atom. The molecule has 0 saturated heterocycles. The first-order valence-electron chi connectivity index (χ1n) is 7.58. The van der Waals surface area contributed by atoms with Crippen LogP contribution in [0.3, 0.4) is 0 Å². The second kappa shape index (κ2) is 6.91. The quantitative estimate of drug-likeness (QED) is 0.802. The van der Waals surface area contributed by atoms with Crippen molar-refractivity contribution < 1.29 is 4.79 Å². The van der Waals surface area contributed by atoms with Gasteiger partial charge in [-0.2, -0.15) is 0 Å². The molecule has 3 aromatic rings. The molecule has 3 rings (SSSR count). The summed E-state index contributed by atoms with van der Waals surface area (Å²) in [7, 11) is 1.62. The topological polar surface area (TPSA) is 64.0 Å². The van der Waals surface area contributed by atoms with Crippen LogP contribution in [0.15, 0.2) is 77.9 Å². The lowest BCUT2D eigenvalue weighted by molar-refractivity contribution is 0.0941. The van der Waals surface area contributed by atoms with E-state index in [2.05, 4.69) is 10.3 Å². The molecule has 5 heteroatoms. The SMILES string of the molecule is Cn1cc(C(=O)N[C@H](c2ccccc2)c2ccccn2)ccc1=O. The summed E-state index contributed by atoms with van der Waals surface area (Å²) < 4.78 is 1.38. The molecule has 0 saturated carbocycles. The van der Waals surface area contributed by atoms with E-state index in [9.17, 15) is 9.59 Å². The van der Waals surface area contributed by atoms with Crippen molar-refractivity contribution in [2.24, 2.45) is 7.05 Å². The van der Waals surface area contributed by atoms with Crippen LogP contribution in [0.4, 0.5) is 0 Å². The summed E-state index contributed by atoms with van der Waals surface area (Å²) in [6, 6.07) is 17.8. The molecule has 0 bridgehead atoms. The van der Waals surface area contributed by atoms with Crippen molar-refractivity contribution in [3.8, 4) is 0 Å². The Kier molecular flexibility index (Phi) is 4.52. The average Bonchev–Trinajstić information content (AvgIpc) is 2.63. The molecule has 2 aromatic heterocycles. The number of pyridine rings is 2. The van der Waals surface area contributed by atoms with Crippen molar-refractivity contribution in [2.75, 3.05) is 0 Å². The van der Waals surface area contributed by atoms with Crippen LogP contribution in [-0.4, -0.2) is 15.5 Å². The van der Waals surface area contributed by atoms with E-state index < -0.39 is 0 Å². The fraction of sp³-hybridized carbons (Fsp3) is 0.105. The number of aromatic nitrogens is 2. The van der Waals surface area contributed by atoms with Crippen molar-refractivity contribution in [1.82, 2.24) is 14.9 Å². The number of aryl methyl sites for hydroxylation is 1. The van der Waals surface area contributed by atoms with E-state index in [0.29, 0.717) is 5.56 Å². The van der Waals surface area contributed by atoms with Crippen LogP contribution in [0.5, 0.6) is 0 Å². The smallest absolute Gasteiger partial charge is 0.253 e. The second-order valence-corrected chi connectivity index (χ2v) is 5.44. The van der Waals surface area contributed by atoms with E-state index in [1.807, 2.05) is 48.5 Å². The molecule has 0 aliphatic carbocycles. The van der Waals surface area contributed by atoms with Gasteiger partial charge in [0.2, 0.25) is 5.56 Å². The predicted octanol–water partition coefficient (Wildman–Crippen LogP) is 2.30. The average molecular weight is 319 g/mol. The summed E-state index contributed by atoms with van der Waals surface area (Å²) in [5.74, 6) is -0.259. The largest absolute Gasteiger partial charge is 0.339 e. The maximum atomic E-state index is 12.6. The van der Waals surface area contributed by atoms with E-state index >= 15 is 0 Å². The third-order valence-electron chi connectivity index (χ3n) is 3.74. The number of carbonyl (C=O) groups excluding carboxylic acids is 1. The molecule has 5 nitrogen and oxygen atoms in total. The van der Waals surface area contributed by atoms with Gasteiger partial charge in [-0.15, -0.1) is 0 Å². The number of nitrogens with one attached hydrogen (secondary N) is 1. The highest BCUT2D eigenvalue weighted by Gasteiger charge is 2.19. The summed E-state index contributed by atoms with van der Waals surface area (Å²) in [5, 5.41) is 3.00. The summed E-state index contributed by atoms with van der Waals surface area (Å²) >= 11 is 0. The van der Waals surface area contributed by atoms with Crippen LogP contribution in [-0.2, 0) is 7.05 Å². The Morgan fingerprint density at radius 3 is 2.46 bits per heavy atom. The molecule has 0 radical (unpaired) electrons. The van der Waals surface area contributed by atoms with Gasteiger partial charge in [-0.05, 0) is 23.8 Å². The summed E-state index contributed by atoms with van der Waals surface area (Å²) in [6.45, 7) is 0. The maximum Gasteiger partial charge on any atom is 0.253 e. The molecule has 0 aliphatic heterocycles. The molecule has 120 valence electrons. The van der Waals surface area contributed by atoms with Gasteiger partial charge in [0.1, 0.15) is 0 Å². The van der Waals surface area contributed by atoms with Crippen molar-refractivity contribution in [3.05, 3.63) is 100 Å². The van der Waals surface area contributed by atoms with E-state index in [0.717, 1.165) is 11.3 Å². The van der Waals surface area contributed by atoms with Crippen molar-refractivity contribution >= 4 is 5.91 Å². The normalized spacial score (nSPS) is 11.7. The highest BCUT2D eigenvalue weighted by Crippen LogP contribution is 2.20. The van der Waals surface area contributed by atoms with Crippen LogP contribution < -0.4 is 10.9 Å². The molecule has 0 aliphatic rings. The van der Waals surface area contributed by atoms with Crippen LogP contribution >= 0.6 is 0 Å². The molecule has 2 heterocycles. The van der Waals surface area contributed by atoms with Gasteiger partial charge >= 0.3 is 0 Å². The van der Waals surface area contributed by atoms with Crippen LogP contribution in [0.2, 0.25) is 0 Å². The highest BCUT2D eigenvalue weighted by atomic mass is 16.2. The Labute approximate surface area is 139 Å². The van der Waals surface area contributed by atoms with E-state index in [1.165, 1.54) is 22.9 Å². The number of hydrogen-bond acceptors (Lipinski definition) is 3. The van der Waals surface area contributed by atoms with Crippen molar-refractivity contribution in [1.29, 1.82) is 0 Å². The lowest BCUT2D eigenvalue weighted by Gasteiger charge is -2.19. The summed E-state index contributed by atoms with van der Waals surface area (Å²) in [4.78, 5) is 28.5. The zero-order valence-electron chi connectivity index (χ0n) is 13.2. The first-order chi connectivity index (χ1) is 11.6. The molecule has 1 atom stereocenters. The van der Waals surface area contributed by atoms with Gasteiger partial charge in [-0.3, -0.25) is 14.6 Å². The maximum absolute atomic E-state index is 12.6. The third-order valence-corrected chi connectivity index (χ3v) is 3.74. The monoisotopic (exact) mass is 319 g/mol. The van der Waals surface area contributed by atoms with Gasteiger partial charge in [0.25, 0.3) is 5.91 Å². The molecule has 0 spiro atoms. The van der Waals surface area contributed by atoms with Gasteiger partial charge in [-0.1, -0.05) is 36.4 Å². The standard InChI is InChI=1S/C19H17N3O2/c1-22-13-15(10-11-17(22)23)19(24)21-18(14-7-3-2-4-8-14)16-9-5-6-12-20-16/h2-13,18H,1H3,(H,21,24)/t18-/m1/s1. The van der Waals surface area contributed by atoms with E-state index in [-0.39, 0.29) is 17.5 Å². The Bertz CT molecular complexity index is 850. The van der Waals surface area contributed by atoms with E-state index in [4.69, 9.17) is 0 Å². The van der Waals surface area contributed by atoms with Crippen LogP contribution in [0.1, 0.15) is 27.7 Å². The molecular formula is C19H17N3O2. The first-order valence-corrected chi connectivity index (χ1v) is 7.58. The fourth-order valence-electron chi connectivity index (χ4n) is 2.46. The fourth-order valence-corrected chi connectivity index (χ4v) is 2.46. The van der Waals surface area contributed by atoms with Gasteiger partial charge in [0, 0.05) is 25.5 Å². The van der Waals surface area contributed by atoms with Gasteiger partial charge in [0.15, 0.2) is 0 Å². The highest BCUT2D eigenvalue weighted by molar-refractivity contribution is 5.94. The van der Waals surface area contributed by atoms with Crippen molar-refractivity contribution in [2.45, 2.75) is 6.04 Å². The first kappa shape index (κ1) is 15.7.